The second-order valence-corrected chi connectivity index (χ2v) is 8.67. The summed E-state index contributed by atoms with van der Waals surface area (Å²) in [7, 11) is 1.62. The summed E-state index contributed by atoms with van der Waals surface area (Å²) in [5, 5.41) is 3.35. The number of amides is 1. The van der Waals surface area contributed by atoms with Crippen LogP contribution in [0.5, 0.6) is 17.2 Å². The first-order chi connectivity index (χ1) is 16.5. The summed E-state index contributed by atoms with van der Waals surface area (Å²) in [6.45, 7) is 2.82. The lowest BCUT2D eigenvalue weighted by molar-refractivity contribution is -0.113. The van der Waals surface area contributed by atoms with E-state index in [1.54, 1.807) is 13.2 Å². The van der Waals surface area contributed by atoms with Gasteiger partial charge < -0.3 is 19.5 Å². The lowest BCUT2D eigenvalue weighted by Crippen LogP contribution is -2.30. The molecule has 0 aromatic heterocycles. The quantitative estimate of drug-likeness (QED) is 0.293. The van der Waals surface area contributed by atoms with Gasteiger partial charge in [-0.2, -0.15) is 0 Å². The Kier molecular flexibility index (Phi) is 7.49. The van der Waals surface area contributed by atoms with E-state index in [9.17, 15) is 4.79 Å². The zero-order chi connectivity index (χ0) is 24.1. The standard InChI is InChI=1S/C26H23BrN2O4S/c1-3-32-21-11-7-20(8-12-21)29-25(30)23(28-26(29)34)15-17-4-13-24(31-2)18(14-17)16-33-22-9-5-19(27)6-10-22/h4-15H,3,16H2,1-2H3,(H,28,34)/b23-15+. The van der Waals surface area contributed by atoms with Crippen LogP contribution in [-0.4, -0.2) is 24.7 Å². The number of carbonyl (C=O) groups is 1. The maximum atomic E-state index is 13.1. The molecule has 4 rings (SSSR count). The molecule has 0 bridgehead atoms. The summed E-state index contributed by atoms with van der Waals surface area (Å²) in [6, 6.07) is 20.5. The first-order valence-electron chi connectivity index (χ1n) is 10.6. The maximum absolute atomic E-state index is 13.1. The summed E-state index contributed by atoms with van der Waals surface area (Å²) < 4.78 is 17.9. The summed E-state index contributed by atoms with van der Waals surface area (Å²) in [4.78, 5) is 14.6. The number of rotatable bonds is 8. The van der Waals surface area contributed by atoms with Crippen molar-refractivity contribution in [3.63, 3.8) is 0 Å². The number of hydrogen-bond donors (Lipinski definition) is 1. The highest BCUT2D eigenvalue weighted by molar-refractivity contribution is 9.10. The number of carbonyl (C=O) groups excluding carboxylic acids is 1. The van der Waals surface area contributed by atoms with E-state index in [0.29, 0.717) is 35.5 Å². The van der Waals surface area contributed by atoms with E-state index >= 15 is 0 Å². The average molecular weight is 539 g/mol. The van der Waals surface area contributed by atoms with Crippen LogP contribution in [0.15, 0.2) is 76.9 Å². The Hall–Kier alpha value is -3.36. The molecule has 1 heterocycles. The van der Waals surface area contributed by atoms with E-state index in [4.69, 9.17) is 26.4 Å². The molecule has 34 heavy (non-hydrogen) atoms. The second-order valence-electron chi connectivity index (χ2n) is 7.37. The molecule has 174 valence electrons. The fraction of sp³-hybridized carbons (Fsp3) is 0.154. The fourth-order valence-corrected chi connectivity index (χ4v) is 4.05. The van der Waals surface area contributed by atoms with Gasteiger partial charge in [0.05, 0.1) is 19.4 Å². The topological polar surface area (TPSA) is 60.0 Å². The third-order valence-corrected chi connectivity index (χ3v) is 5.92. The van der Waals surface area contributed by atoms with Gasteiger partial charge in [-0.3, -0.25) is 9.69 Å². The largest absolute Gasteiger partial charge is 0.496 e. The number of nitrogens with zero attached hydrogens (tertiary/aromatic N) is 1. The maximum Gasteiger partial charge on any atom is 0.281 e. The van der Waals surface area contributed by atoms with E-state index in [-0.39, 0.29) is 5.91 Å². The molecule has 1 aliphatic rings. The molecule has 0 radical (unpaired) electrons. The molecule has 0 spiro atoms. The Bertz CT molecular complexity index is 1230. The zero-order valence-corrected chi connectivity index (χ0v) is 21.1. The first kappa shape index (κ1) is 23.8. The van der Waals surface area contributed by atoms with Gasteiger partial charge in [-0.25, -0.2) is 0 Å². The van der Waals surface area contributed by atoms with Crippen LogP contribution < -0.4 is 24.4 Å². The van der Waals surface area contributed by atoms with Gasteiger partial charge >= 0.3 is 0 Å². The highest BCUT2D eigenvalue weighted by atomic mass is 79.9. The molecule has 3 aromatic carbocycles. The number of anilines is 1. The van der Waals surface area contributed by atoms with Crippen molar-refractivity contribution >= 4 is 50.9 Å². The SMILES string of the molecule is CCOc1ccc(N2C(=O)/C(=C\c3ccc(OC)c(COc4ccc(Br)cc4)c3)NC2=S)cc1. The van der Waals surface area contributed by atoms with Crippen LogP contribution in [0.3, 0.4) is 0 Å². The molecule has 1 N–H and O–H groups in total. The van der Waals surface area contributed by atoms with E-state index in [2.05, 4.69) is 21.2 Å². The predicted molar refractivity (Wildman–Crippen MR) is 140 cm³/mol. The molecule has 0 saturated carbocycles. The van der Waals surface area contributed by atoms with Gasteiger partial charge in [0.15, 0.2) is 5.11 Å². The minimum Gasteiger partial charge on any atom is -0.496 e. The molecular weight excluding hydrogens is 516 g/mol. The summed E-state index contributed by atoms with van der Waals surface area (Å²) in [5.74, 6) is 1.97. The number of nitrogens with one attached hydrogen (secondary N) is 1. The van der Waals surface area contributed by atoms with Crippen molar-refractivity contribution in [1.29, 1.82) is 0 Å². The monoisotopic (exact) mass is 538 g/mol. The Balaban J connectivity index is 1.53. The molecule has 0 aliphatic carbocycles. The third kappa shape index (κ3) is 5.40. The highest BCUT2D eigenvalue weighted by Crippen LogP contribution is 2.27. The first-order valence-corrected chi connectivity index (χ1v) is 11.8. The molecule has 1 aliphatic heterocycles. The minimum atomic E-state index is -0.224. The number of thiocarbonyl (C=S) groups is 1. The molecule has 6 nitrogen and oxygen atoms in total. The lowest BCUT2D eigenvalue weighted by Gasteiger charge is -2.14. The molecule has 1 fully saturated rings. The van der Waals surface area contributed by atoms with Crippen LogP contribution in [0.25, 0.3) is 6.08 Å². The van der Waals surface area contributed by atoms with Gasteiger partial charge in [0.1, 0.15) is 29.6 Å². The summed E-state index contributed by atoms with van der Waals surface area (Å²) in [6.07, 6.45) is 1.77. The third-order valence-electron chi connectivity index (χ3n) is 5.11. The van der Waals surface area contributed by atoms with Gasteiger partial charge in [-0.05, 0) is 91.4 Å². The number of hydrogen-bond acceptors (Lipinski definition) is 5. The van der Waals surface area contributed by atoms with E-state index in [0.717, 1.165) is 27.1 Å². The molecule has 1 amide bonds. The smallest absolute Gasteiger partial charge is 0.281 e. The minimum absolute atomic E-state index is 0.224. The Morgan fingerprint density at radius 2 is 1.68 bits per heavy atom. The van der Waals surface area contributed by atoms with E-state index in [1.165, 1.54) is 4.90 Å². The number of methoxy groups -OCH3 is 1. The van der Waals surface area contributed by atoms with Crippen LogP contribution in [0, 0.1) is 0 Å². The molecular formula is C26H23BrN2O4S. The highest BCUT2D eigenvalue weighted by Gasteiger charge is 2.32. The van der Waals surface area contributed by atoms with E-state index < -0.39 is 0 Å². The van der Waals surface area contributed by atoms with Crippen molar-refractivity contribution in [2.24, 2.45) is 0 Å². The lowest BCUT2D eigenvalue weighted by atomic mass is 10.1. The van der Waals surface area contributed by atoms with Crippen molar-refractivity contribution in [3.8, 4) is 17.2 Å². The van der Waals surface area contributed by atoms with Gasteiger partial charge in [0.25, 0.3) is 5.91 Å². The van der Waals surface area contributed by atoms with Crippen LogP contribution in [-0.2, 0) is 11.4 Å². The van der Waals surface area contributed by atoms with Crippen molar-refractivity contribution in [1.82, 2.24) is 5.32 Å². The molecule has 1 saturated heterocycles. The van der Waals surface area contributed by atoms with Crippen molar-refractivity contribution in [3.05, 3.63) is 88.0 Å². The summed E-state index contributed by atoms with van der Waals surface area (Å²) >= 11 is 8.84. The van der Waals surface area contributed by atoms with Crippen LogP contribution in [0.1, 0.15) is 18.1 Å². The Morgan fingerprint density at radius 1 is 1.00 bits per heavy atom. The molecule has 0 unspecified atom stereocenters. The number of ether oxygens (including phenoxy) is 3. The van der Waals surface area contributed by atoms with Crippen LogP contribution in [0.4, 0.5) is 5.69 Å². The van der Waals surface area contributed by atoms with Crippen LogP contribution >= 0.6 is 28.1 Å². The predicted octanol–water partition coefficient (Wildman–Crippen LogP) is 5.70. The van der Waals surface area contributed by atoms with Crippen molar-refractivity contribution in [2.45, 2.75) is 13.5 Å². The Morgan fingerprint density at radius 3 is 2.35 bits per heavy atom. The second kappa shape index (κ2) is 10.7. The van der Waals surface area contributed by atoms with Gasteiger partial charge in [-0.15, -0.1) is 0 Å². The number of benzene rings is 3. The van der Waals surface area contributed by atoms with Gasteiger partial charge in [0.2, 0.25) is 0 Å². The number of halogens is 1. The van der Waals surface area contributed by atoms with Gasteiger partial charge in [0, 0.05) is 10.0 Å². The Labute approximate surface area is 212 Å². The van der Waals surface area contributed by atoms with Crippen molar-refractivity contribution in [2.75, 3.05) is 18.6 Å². The van der Waals surface area contributed by atoms with Crippen molar-refractivity contribution < 1.29 is 19.0 Å². The molecule has 0 atom stereocenters. The van der Waals surface area contributed by atoms with Gasteiger partial charge in [-0.1, -0.05) is 22.0 Å². The van der Waals surface area contributed by atoms with E-state index in [1.807, 2.05) is 73.7 Å². The fourth-order valence-electron chi connectivity index (χ4n) is 3.49. The molecule has 8 heteroatoms. The normalized spacial score (nSPS) is 14.3. The summed E-state index contributed by atoms with van der Waals surface area (Å²) in [5.41, 5.74) is 2.75. The zero-order valence-electron chi connectivity index (χ0n) is 18.7. The molecule has 3 aromatic rings. The van der Waals surface area contributed by atoms with Crippen LogP contribution in [0.2, 0.25) is 0 Å². The average Bonchev–Trinajstić information content (AvgIpc) is 3.12.